The topological polar surface area (TPSA) is 26.6 Å². The van der Waals surface area contributed by atoms with Crippen LogP contribution >= 0.6 is 0 Å². The molecule has 0 saturated heterocycles. The van der Waals surface area contributed by atoms with Gasteiger partial charge in [0.2, 0.25) is 0 Å². The SMILES string of the molecule is c1ccc(N(c2ccc(-c3ccc4c(c3)c3ccccc3n4-c3ccccc3)cc2)c2ccc3c(c2)Oc2c(ccc4c2-c2ccccc2C42c4ccccc4-c4ccccc42)O3)cc1. The molecule has 2 aliphatic carbocycles. The van der Waals surface area contributed by atoms with E-state index in [0.717, 1.165) is 39.6 Å². The molecule has 1 spiro atoms. The van der Waals surface area contributed by atoms with Crippen LogP contribution in [0.2, 0.25) is 0 Å². The maximum atomic E-state index is 7.14. The van der Waals surface area contributed by atoms with E-state index in [9.17, 15) is 0 Å². The second-order valence-electron chi connectivity index (χ2n) is 17.2. The molecule has 2 heterocycles. The van der Waals surface area contributed by atoms with E-state index in [1.165, 1.54) is 66.3 Å². The summed E-state index contributed by atoms with van der Waals surface area (Å²) >= 11 is 0. The van der Waals surface area contributed by atoms with E-state index >= 15 is 0 Å². The lowest BCUT2D eigenvalue weighted by atomic mass is 9.70. The normalized spacial score (nSPS) is 13.3. The molecule has 0 bridgehead atoms. The molecule has 14 rings (SSSR count). The highest BCUT2D eigenvalue weighted by Crippen LogP contribution is 2.66. The summed E-state index contributed by atoms with van der Waals surface area (Å²) in [5.74, 6) is 2.83. The van der Waals surface area contributed by atoms with Crippen molar-refractivity contribution in [3.8, 4) is 62.1 Å². The van der Waals surface area contributed by atoms with Crippen molar-refractivity contribution < 1.29 is 9.47 Å². The minimum absolute atomic E-state index is 0.470. The zero-order chi connectivity index (χ0) is 42.6. The van der Waals surface area contributed by atoms with Gasteiger partial charge < -0.3 is 18.9 Å². The van der Waals surface area contributed by atoms with Crippen LogP contribution in [0.1, 0.15) is 22.3 Å². The van der Waals surface area contributed by atoms with Gasteiger partial charge in [-0.05, 0) is 123 Å². The van der Waals surface area contributed by atoms with Gasteiger partial charge in [0, 0.05) is 39.5 Å². The fourth-order valence-electron chi connectivity index (χ4n) is 11.2. The van der Waals surface area contributed by atoms with E-state index < -0.39 is 5.41 Å². The highest BCUT2D eigenvalue weighted by atomic mass is 16.6. The number of hydrogen-bond donors (Lipinski definition) is 0. The van der Waals surface area contributed by atoms with Gasteiger partial charge in [-0.2, -0.15) is 0 Å². The number of anilines is 3. The third kappa shape index (κ3) is 5.08. The number of hydrogen-bond acceptors (Lipinski definition) is 3. The van der Waals surface area contributed by atoms with Crippen LogP contribution in [0.25, 0.3) is 60.9 Å². The molecule has 10 aromatic carbocycles. The molecule has 11 aromatic rings. The van der Waals surface area contributed by atoms with Crippen molar-refractivity contribution in [2.75, 3.05) is 4.90 Å². The lowest BCUT2D eigenvalue weighted by Gasteiger charge is -2.31. The number of benzene rings is 10. The van der Waals surface area contributed by atoms with Gasteiger partial charge in [-0.1, -0.05) is 152 Å². The second-order valence-corrected chi connectivity index (χ2v) is 17.2. The molecule has 65 heavy (non-hydrogen) atoms. The quantitative estimate of drug-likeness (QED) is 0.173. The fraction of sp³-hybridized carbons (Fsp3) is 0.0164. The maximum absolute atomic E-state index is 7.14. The summed E-state index contributed by atoms with van der Waals surface area (Å²) in [6, 6.07) is 82.8. The Balaban J connectivity index is 0.858. The summed E-state index contributed by atoms with van der Waals surface area (Å²) < 4.78 is 16.3. The molecule has 4 heteroatoms. The number of nitrogens with zero attached hydrogens (tertiary/aromatic N) is 2. The predicted molar refractivity (Wildman–Crippen MR) is 264 cm³/mol. The molecule has 0 amide bonds. The van der Waals surface area contributed by atoms with Crippen molar-refractivity contribution >= 4 is 38.9 Å². The van der Waals surface area contributed by atoms with E-state index in [0.29, 0.717) is 17.2 Å². The monoisotopic (exact) mass is 830 g/mol. The lowest BCUT2D eigenvalue weighted by Crippen LogP contribution is -2.25. The zero-order valence-corrected chi connectivity index (χ0v) is 35.2. The molecule has 0 N–H and O–H groups in total. The van der Waals surface area contributed by atoms with Crippen LogP contribution in [-0.4, -0.2) is 4.57 Å². The highest BCUT2D eigenvalue weighted by Gasteiger charge is 2.53. The van der Waals surface area contributed by atoms with Crippen LogP contribution in [0.15, 0.2) is 231 Å². The average molecular weight is 831 g/mol. The Hall–Kier alpha value is -8.60. The van der Waals surface area contributed by atoms with Crippen molar-refractivity contribution in [1.82, 2.24) is 4.57 Å². The van der Waals surface area contributed by atoms with Crippen molar-refractivity contribution in [2.45, 2.75) is 5.41 Å². The van der Waals surface area contributed by atoms with Gasteiger partial charge >= 0.3 is 0 Å². The Bertz CT molecular complexity index is 3680. The summed E-state index contributed by atoms with van der Waals surface area (Å²) in [5.41, 5.74) is 18.3. The van der Waals surface area contributed by atoms with Gasteiger partial charge in [0.05, 0.1) is 22.1 Å². The zero-order valence-electron chi connectivity index (χ0n) is 35.2. The second kappa shape index (κ2) is 13.7. The third-order valence-electron chi connectivity index (χ3n) is 13.9. The molecule has 3 aliphatic rings. The van der Waals surface area contributed by atoms with Gasteiger partial charge in [0.25, 0.3) is 0 Å². The maximum Gasteiger partial charge on any atom is 0.178 e. The van der Waals surface area contributed by atoms with E-state index in [2.05, 4.69) is 234 Å². The Kier molecular flexibility index (Phi) is 7.57. The molecule has 304 valence electrons. The van der Waals surface area contributed by atoms with E-state index in [-0.39, 0.29) is 0 Å². The van der Waals surface area contributed by atoms with Gasteiger partial charge in [0.1, 0.15) is 0 Å². The van der Waals surface area contributed by atoms with Crippen LogP contribution in [-0.2, 0) is 5.41 Å². The minimum atomic E-state index is -0.470. The van der Waals surface area contributed by atoms with Crippen molar-refractivity contribution in [2.24, 2.45) is 0 Å². The number of aromatic nitrogens is 1. The van der Waals surface area contributed by atoms with Gasteiger partial charge in [-0.15, -0.1) is 0 Å². The molecule has 0 fully saturated rings. The number of fused-ring (bicyclic) bond motifs is 16. The smallest absolute Gasteiger partial charge is 0.178 e. The van der Waals surface area contributed by atoms with Gasteiger partial charge in [-0.25, -0.2) is 0 Å². The molecule has 4 nitrogen and oxygen atoms in total. The van der Waals surface area contributed by atoms with Crippen LogP contribution in [0.5, 0.6) is 23.0 Å². The first-order valence-electron chi connectivity index (χ1n) is 22.2. The molecular formula is C61H38N2O2. The Morgan fingerprint density at radius 1 is 0.354 bits per heavy atom. The predicted octanol–water partition coefficient (Wildman–Crippen LogP) is 16.2. The molecule has 0 atom stereocenters. The van der Waals surface area contributed by atoms with E-state index in [1.54, 1.807) is 0 Å². The van der Waals surface area contributed by atoms with Crippen molar-refractivity contribution in [3.05, 3.63) is 253 Å². The summed E-state index contributed by atoms with van der Waals surface area (Å²) in [6.45, 7) is 0. The fourth-order valence-corrected chi connectivity index (χ4v) is 11.2. The van der Waals surface area contributed by atoms with Crippen molar-refractivity contribution in [1.29, 1.82) is 0 Å². The third-order valence-corrected chi connectivity index (χ3v) is 13.9. The first-order valence-corrected chi connectivity index (χ1v) is 22.2. The first kappa shape index (κ1) is 35.9. The highest BCUT2D eigenvalue weighted by molar-refractivity contribution is 6.10. The number of para-hydroxylation sites is 3. The molecule has 0 radical (unpaired) electrons. The minimum Gasteiger partial charge on any atom is -0.449 e. The van der Waals surface area contributed by atoms with E-state index in [4.69, 9.17) is 9.47 Å². The Morgan fingerprint density at radius 2 is 0.923 bits per heavy atom. The number of rotatable bonds is 5. The van der Waals surface area contributed by atoms with Crippen LogP contribution in [0, 0.1) is 0 Å². The summed E-state index contributed by atoms with van der Waals surface area (Å²) in [6.07, 6.45) is 0. The summed E-state index contributed by atoms with van der Waals surface area (Å²) in [4.78, 5) is 2.28. The van der Waals surface area contributed by atoms with Crippen molar-refractivity contribution in [3.63, 3.8) is 0 Å². The number of ether oxygens (including phenoxy) is 2. The van der Waals surface area contributed by atoms with E-state index in [1.807, 2.05) is 6.07 Å². The molecular weight excluding hydrogens is 793 g/mol. The lowest BCUT2D eigenvalue weighted by molar-refractivity contribution is 0.360. The largest absolute Gasteiger partial charge is 0.449 e. The molecule has 1 aromatic heterocycles. The van der Waals surface area contributed by atoms with Crippen LogP contribution in [0.4, 0.5) is 17.1 Å². The summed E-state index contributed by atoms with van der Waals surface area (Å²) in [5, 5.41) is 2.47. The molecule has 0 saturated carbocycles. The van der Waals surface area contributed by atoms with Gasteiger partial charge in [0.15, 0.2) is 23.0 Å². The average Bonchev–Trinajstić information content (AvgIpc) is 3.98. The van der Waals surface area contributed by atoms with Crippen LogP contribution in [0.3, 0.4) is 0 Å². The first-order chi connectivity index (χ1) is 32.2. The Morgan fingerprint density at radius 3 is 1.68 bits per heavy atom. The Labute approximate surface area is 376 Å². The van der Waals surface area contributed by atoms with Crippen LogP contribution < -0.4 is 14.4 Å². The standard InChI is InChI=1S/C61H38N2O2/c1-3-15-41(16-4-1)62(43-30-27-39(28-31-43)40-29-34-55-49(37-40)47-21-10-14-26-54(47)63(55)42-17-5-2-6-18-42)44-32-35-56-58(38-44)65-60-57(64-56)36-33-53-59(60)48-22-9-13-25-52(48)61(53)50-23-11-7-19-45(50)46-20-8-12-24-51(46)61/h1-38H. The van der Waals surface area contributed by atoms with Gasteiger partial charge in [-0.3, -0.25) is 0 Å². The molecule has 0 unspecified atom stereocenters. The summed E-state index contributed by atoms with van der Waals surface area (Å²) in [7, 11) is 0. The molecule has 1 aliphatic heterocycles.